The van der Waals surface area contributed by atoms with E-state index in [9.17, 15) is 13.2 Å². The summed E-state index contributed by atoms with van der Waals surface area (Å²) >= 11 is 5.96. The first-order chi connectivity index (χ1) is 12.8. The number of hydrogen-bond donors (Lipinski definition) is 1. The molecular weight excluding hydrogens is 384 g/mol. The Morgan fingerprint density at radius 3 is 2.48 bits per heavy atom. The van der Waals surface area contributed by atoms with Crippen molar-refractivity contribution in [2.45, 2.75) is 44.0 Å². The van der Waals surface area contributed by atoms with Crippen LogP contribution in [-0.2, 0) is 14.8 Å². The van der Waals surface area contributed by atoms with Crippen molar-refractivity contribution in [2.75, 3.05) is 11.9 Å². The van der Waals surface area contributed by atoms with Crippen LogP contribution in [0.2, 0.25) is 5.02 Å². The summed E-state index contributed by atoms with van der Waals surface area (Å²) in [7, 11) is -3.73. The van der Waals surface area contributed by atoms with Crippen molar-refractivity contribution in [1.82, 2.24) is 4.31 Å². The summed E-state index contributed by atoms with van der Waals surface area (Å²) in [5, 5.41) is 3.46. The molecule has 1 amide bonds. The Morgan fingerprint density at radius 2 is 1.81 bits per heavy atom. The molecule has 0 bridgehead atoms. The number of hydrogen-bond acceptors (Lipinski definition) is 3. The molecule has 1 atom stereocenters. The van der Waals surface area contributed by atoms with Crippen LogP contribution in [0, 0.1) is 13.8 Å². The van der Waals surface area contributed by atoms with E-state index < -0.39 is 16.1 Å². The smallest absolute Gasteiger partial charge is 0.243 e. The second kappa shape index (κ2) is 8.00. The summed E-state index contributed by atoms with van der Waals surface area (Å²) < 4.78 is 27.5. The summed E-state index contributed by atoms with van der Waals surface area (Å²) in [5.74, 6) is -0.309. The molecule has 1 saturated heterocycles. The zero-order chi connectivity index (χ0) is 19.6. The summed E-state index contributed by atoms with van der Waals surface area (Å²) in [5.41, 5.74) is 2.46. The lowest BCUT2D eigenvalue weighted by atomic mass is 10.0. The van der Waals surface area contributed by atoms with E-state index in [1.54, 1.807) is 42.5 Å². The molecule has 1 N–H and O–H groups in total. The van der Waals surface area contributed by atoms with Crippen LogP contribution in [0.5, 0.6) is 0 Å². The molecule has 0 aromatic heterocycles. The van der Waals surface area contributed by atoms with Crippen molar-refractivity contribution in [2.24, 2.45) is 0 Å². The fraction of sp³-hybridized carbons (Fsp3) is 0.350. The molecule has 0 unspecified atom stereocenters. The lowest BCUT2D eigenvalue weighted by molar-refractivity contribution is -0.120. The second-order valence-electron chi connectivity index (χ2n) is 6.89. The van der Waals surface area contributed by atoms with Crippen LogP contribution < -0.4 is 5.32 Å². The quantitative estimate of drug-likeness (QED) is 0.829. The molecule has 1 aliphatic rings. The van der Waals surface area contributed by atoms with Gasteiger partial charge < -0.3 is 5.32 Å². The van der Waals surface area contributed by atoms with Crippen LogP contribution in [0.3, 0.4) is 0 Å². The van der Waals surface area contributed by atoms with Gasteiger partial charge in [-0.05, 0) is 62.6 Å². The number of benzene rings is 2. The minimum absolute atomic E-state index is 0.218. The summed E-state index contributed by atoms with van der Waals surface area (Å²) in [4.78, 5) is 13.1. The van der Waals surface area contributed by atoms with Gasteiger partial charge in [0.15, 0.2) is 0 Å². The van der Waals surface area contributed by atoms with Gasteiger partial charge in [0.25, 0.3) is 0 Å². The molecule has 2 aromatic carbocycles. The molecule has 0 radical (unpaired) electrons. The number of aryl methyl sites for hydroxylation is 2. The molecule has 1 heterocycles. The van der Waals surface area contributed by atoms with Gasteiger partial charge >= 0.3 is 0 Å². The number of piperidine rings is 1. The highest BCUT2D eigenvalue weighted by Crippen LogP contribution is 2.27. The first-order valence-electron chi connectivity index (χ1n) is 8.94. The van der Waals surface area contributed by atoms with Gasteiger partial charge in [-0.3, -0.25) is 4.79 Å². The van der Waals surface area contributed by atoms with Gasteiger partial charge in [-0.2, -0.15) is 4.31 Å². The minimum atomic E-state index is -3.73. The van der Waals surface area contributed by atoms with Crippen LogP contribution in [0.25, 0.3) is 0 Å². The second-order valence-corrected chi connectivity index (χ2v) is 9.22. The highest BCUT2D eigenvalue weighted by molar-refractivity contribution is 7.89. The lowest BCUT2D eigenvalue weighted by Gasteiger charge is -2.33. The Kier molecular flexibility index (Phi) is 5.89. The predicted molar refractivity (Wildman–Crippen MR) is 108 cm³/mol. The normalized spacial score (nSPS) is 18.3. The van der Waals surface area contributed by atoms with E-state index >= 15 is 0 Å². The van der Waals surface area contributed by atoms with Crippen LogP contribution in [0.4, 0.5) is 5.69 Å². The maximum Gasteiger partial charge on any atom is 0.243 e. The molecular formula is C20H23ClN2O3S. The number of sulfonamides is 1. The van der Waals surface area contributed by atoms with Crippen molar-refractivity contribution in [1.29, 1.82) is 0 Å². The van der Waals surface area contributed by atoms with Crippen LogP contribution >= 0.6 is 11.6 Å². The Balaban J connectivity index is 1.86. The van der Waals surface area contributed by atoms with E-state index in [2.05, 4.69) is 5.32 Å². The highest BCUT2D eigenvalue weighted by Gasteiger charge is 2.37. The number of anilines is 1. The van der Waals surface area contributed by atoms with Gasteiger partial charge in [0.2, 0.25) is 15.9 Å². The van der Waals surface area contributed by atoms with Crippen molar-refractivity contribution in [3.8, 4) is 0 Å². The molecule has 1 aliphatic heterocycles. The topological polar surface area (TPSA) is 66.5 Å². The van der Waals surface area contributed by atoms with Gasteiger partial charge in [-0.15, -0.1) is 0 Å². The van der Waals surface area contributed by atoms with Crippen molar-refractivity contribution in [3.05, 3.63) is 58.6 Å². The standard InChI is InChI=1S/C20H23ClN2O3S/c1-14-6-9-17(10-7-14)27(25,26)23-12-4-3-5-19(23)20(24)22-18-11-8-16(21)13-15(18)2/h6-11,13,19H,3-5,12H2,1-2H3,(H,22,24)/t19-/m0/s1. The van der Waals surface area contributed by atoms with Crippen LogP contribution in [0.15, 0.2) is 47.4 Å². The summed E-state index contributed by atoms with van der Waals surface area (Å²) in [6.45, 7) is 4.10. The largest absolute Gasteiger partial charge is 0.324 e. The minimum Gasteiger partial charge on any atom is -0.324 e. The number of carbonyl (C=O) groups is 1. The average molecular weight is 407 g/mol. The van der Waals surface area contributed by atoms with E-state index in [0.717, 1.165) is 24.0 Å². The molecule has 27 heavy (non-hydrogen) atoms. The first-order valence-corrected chi connectivity index (χ1v) is 10.8. The molecule has 3 rings (SSSR count). The summed E-state index contributed by atoms with van der Waals surface area (Å²) in [6.07, 6.45) is 2.07. The van der Waals surface area contributed by atoms with E-state index in [0.29, 0.717) is 23.7 Å². The number of halogens is 1. The maximum atomic E-state index is 13.1. The lowest BCUT2D eigenvalue weighted by Crippen LogP contribution is -2.49. The first kappa shape index (κ1) is 19.9. The fourth-order valence-corrected chi connectivity index (χ4v) is 5.17. The zero-order valence-electron chi connectivity index (χ0n) is 15.4. The number of nitrogens with one attached hydrogen (secondary N) is 1. The molecule has 5 nitrogen and oxygen atoms in total. The van der Waals surface area contributed by atoms with Crippen LogP contribution in [-0.4, -0.2) is 31.2 Å². The fourth-order valence-electron chi connectivity index (χ4n) is 3.28. The number of amides is 1. The zero-order valence-corrected chi connectivity index (χ0v) is 17.0. The van der Waals surface area contributed by atoms with E-state index in [4.69, 9.17) is 11.6 Å². The molecule has 2 aromatic rings. The molecule has 0 aliphatic carbocycles. The van der Waals surface area contributed by atoms with Gasteiger partial charge in [0, 0.05) is 17.3 Å². The molecule has 7 heteroatoms. The molecule has 144 valence electrons. The Labute approximate surface area is 165 Å². The van der Waals surface area contributed by atoms with E-state index in [1.165, 1.54) is 4.31 Å². The molecule has 1 fully saturated rings. The average Bonchev–Trinajstić information content (AvgIpc) is 2.64. The number of carbonyl (C=O) groups excluding carboxylic acids is 1. The van der Waals surface area contributed by atoms with Crippen molar-refractivity contribution < 1.29 is 13.2 Å². The monoisotopic (exact) mass is 406 g/mol. The third kappa shape index (κ3) is 4.34. The summed E-state index contributed by atoms with van der Waals surface area (Å²) in [6, 6.07) is 11.2. The molecule has 0 spiro atoms. The Morgan fingerprint density at radius 1 is 1.11 bits per heavy atom. The third-order valence-corrected chi connectivity index (χ3v) is 6.99. The van der Waals surface area contributed by atoms with Crippen molar-refractivity contribution >= 4 is 33.2 Å². The van der Waals surface area contributed by atoms with E-state index in [-0.39, 0.29) is 10.8 Å². The van der Waals surface area contributed by atoms with Gasteiger partial charge in [0.05, 0.1) is 4.90 Å². The predicted octanol–water partition coefficient (Wildman–Crippen LogP) is 4.14. The van der Waals surface area contributed by atoms with Crippen LogP contribution in [0.1, 0.15) is 30.4 Å². The third-order valence-electron chi connectivity index (χ3n) is 4.83. The Hall–Kier alpha value is -1.89. The number of rotatable bonds is 4. The number of nitrogens with zero attached hydrogens (tertiary/aromatic N) is 1. The molecule has 0 saturated carbocycles. The Bertz CT molecular complexity index is 942. The highest BCUT2D eigenvalue weighted by atomic mass is 35.5. The van der Waals surface area contributed by atoms with Gasteiger partial charge in [0.1, 0.15) is 6.04 Å². The van der Waals surface area contributed by atoms with Gasteiger partial charge in [-0.25, -0.2) is 8.42 Å². The SMILES string of the molecule is Cc1ccc(S(=O)(=O)N2CCCC[C@H]2C(=O)Nc2ccc(Cl)cc2C)cc1. The van der Waals surface area contributed by atoms with Crippen molar-refractivity contribution in [3.63, 3.8) is 0 Å². The maximum absolute atomic E-state index is 13.1. The van der Waals surface area contributed by atoms with Gasteiger partial charge in [-0.1, -0.05) is 35.7 Å². The van der Waals surface area contributed by atoms with E-state index in [1.807, 2.05) is 13.8 Å².